The fraction of sp³-hybridized carbons (Fsp3) is 0.357. The number of nitrogens with one attached hydrogen (secondary N) is 1. The van der Waals surface area contributed by atoms with Gasteiger partial charge in [0.2, 0.25) is 0 Å². The van der Waals surface area contributed by atoms with Crippen LogP contribution in [0.25, 0.3) is 4.48 Å². The van der Waals surface area contributed by atoms with Crippen LogP contribution in [-0.2, 0) is 0 Å². The van der Waals surface area contributed by atoms with E-state index in [0.717, 1.165) is 0 Å². The lowest BCUT2D eigenvalue weighted by molar-refractivity contribution is 0.0696. The minimum atomic E-state index is -1.10. The summed E-state index contributed by atoms with van der Waals surface area (Å²) in [5.41, 5.74) is 0.403. The molecule has 0 aliphatic rings. The predicted molar refractivity (Wildman–Crippen MR) is 80.9 cm³/mol. The van der Waals surface area contributed by atoms with Crippen molar-refractivity contribution in [3.63, 3.8) is 0 Å². The maximum absolute atomic E-state index is 11.6. The van der Waals surface area contributed by atoms with Gasteiger partial charge in [0.1, 0.15) is 5.69 Å². The predicted octanol–water partition coefficient (Wildman–Crippen LogP) is 2.92. The van der Waals surface area contributed by atoms with Gasteiger partial charge in [0, 0.05) is 11.5 Å². The van der Waals surface area contributed by atoms with E-state index in [2.05, 4.69) is 26.2 Å². The van der Waals surface area contributed by atoms with Gasteiger partial charge >= 0.3 is 5.97 Å². The van der Waals surface area contributed by atoms with Crippen LogP contribution in [0.15, 0.2) is 18.2 Å². The Bertz CT molecular complexity index is 574. The van der Waals surface area contributed by atoms with E-state index in [-0.39, 0.29) is 16.7 Å². The molecule has 0 atom stereocenters. The molecule has 1 aromatic rings. The van der Waals surface area contributed by atoms with Crippen LogP contribution in [-0.4, -0.2) is 29.0 Å². The van der Waals surface area contributed by atoms with Crippen molar-refractivity contribution in [1.82, 2.24) is 10.3 Å². The van der Waals surface area contributed by atoms with Crippen LogP contribution in [0.1, 0.15) is 47.3 Å². The number of carbonyl (C=O) groups is 2. The molecule has 0 fully saturated rings. The molecule has 2 N–H and O–H groups in total. The molecule has 0 spiro atoms. The first-order chi connectivity index (χ1) is 9.14. The molecule has 6 heteroatoms. The van der Waals surface area contributed by atoms with E-state index >= 15 is 0 Å². The van der Waals surface area contributed by atoms with E-state index in [1.165, 1.54) is 19.2 Å². The van der Waals surface area contributed by atoms with Gasteiger partial charge < -0.3 is 10.4 Å². The largest absolute Gasteiger partial charge is 0.478 e. The van der Waals surface area contributed by atoms with E-state index in [9.17, 15) is 9.59 Å². The number of hydrogen-bond donors (Lipinski definition) is 2. The normalized spacial score (nSPS) is 12.2. The lowest BCUT2D eigenvalue weighted by Gasteiger charge is -2.13. The molecule has 0 unspecified atom stereocenters. The monoisotopic (exact) mass is 340 g/mol. The molecule has 0 radical (unpaired) electrons. The number of carboxylic acids is 1. The van der Waals surface area contributed by atoms with Crippen LogP contribution in [0, 0.1) is 5.41 Å². The van der Waals surface area contributed by atoms with E-state index in [1.807, 2.05) is 26.8 Å². The fourth-order valence-corrected chi connectivity index (χ4v) is 2.36. The molecule has 0 saturated carbocycles. The molecule has 1 rings (SSSR count). The molecule has 1 aromatic heterocycles. The van der Waals surface area contributed by atoms with Crippen molar-refractivity contribution in [2.24, 2.45) is 5.41 Å². The molecule has 0 aliphatic carbocycles. The van der Waals surface area contributed by atoms with Crippen molar-refractivity contribution in [1.29, 1.82) is 0 Å². The van der Waals surface area contributed by atoms with Crippen LogP contribution >= 0.6 is 15.9 Å². The molecule has 20 heavy (non-hydrogen) atoms. The number of carbonyl (C=O) groups excluding carboxylic acids is 1. The Kier molecular flexibility index (Phi) is 5.05. The van der Waals surface area contributed by atoms with Gasteiger partial charge in [0.05, 0.1) is 11.3 Å². The Labute approximate surface area is 126 Å². The summed E-state index contributed by atoms with van der Waals surface area (Å²) < 4.78 is 0.651. The molecule has 5 nitrogen and oxygen atoms in total. The molecular weight excluding hydrogens is 324 g/mol. The number of rotatable bonds is 3. The summed E-state index contributed by atoms with van der Waals surface area (Å²) in [4.78, 5) is 27.0. The molecule has 0 saturated heterocycles. The second kappa shape index (κ2) is 6.17. The highest BCUT2D eigenvalue weighted by Gasteiger charge is 2.16. The number of nitrogens with zero attached hydrogens (tertiary/aromatic N) is 1. The highest BCUT2D eigenvalue weighted by molar-refractivity contribution is 9.15. The highest BCUT2D eigenvalue weighted by atomic mass is 79.9. The Balaban J connectivity index is 3.40. The Morgan fingerprint density at radius 2 is 1.85 bits per heavy atom. The van der Waals surface area contributed by atoms with Gasteiger partial charge in [-0.3, -0.25) is 4.79 Å². The standard InChI is InChI=1S/C14H17BrN2O3/c1-14(2,3)7-9(15)10-5-8(13(19)20)6-11(17-10)12(18)16-4/h5-7H,1-4H3,(H,16,18)(H,19,20). The fourth-order valence-electron chi connectivity index (χ4n) is 1.47. The minimum absolute atomic E-state index is 0.0212. The van der Waals surface area contributed by atoms with Gasteiger partial charge in [-0.15, -0.1) is 0 Å². The van der Waals surface area contributed by atoms with Crippen LogP contribution < -0.4 is 5.32 Å². The summed E-state index contributed by atoms with van der Waals surface area (Å²) in [7, 11) is 1.47. The summed E-state index contributed by atoms with van der Waals surface area (Å²) in [6, 6.07) is 2.68. The van der Waals surface area contributed by atoms with E-state index in [1.54, 1.807) is 0 Å². The van der Waals surface area contributed by atoms with E-state index in [0.29, 0.717) is 10.2 Å². The number of aromatic nitrogens is 1. The van der Waals surface area contributed by atoms with Crippen LogP contribution in [0.5, 0.6) is 0 Å². The van der Waals surface area contributed by atoms with E-state index in [4.69, 9.17) is 5.11 Å². The van der Waals surface area contributed by atoms with Crippen LogP contribution in [0.3, 0.4) is 0 Å². The summed E-state index contributed by atoms with van der Waals surface area (Å²) in [6.45, 7) is 6.03. The van der Waals surface area contributed by atoms with Crippen molar-refractivity contribution >= 4 is 32.3 Å². The number of hydrogen-bond acceptors (Lipinski definition) is 3. The Morgan fingerprint density at radius 3 is 2.30 bits per heavy atom. The third-order valence-corrected chi connectivity index (χ3v) is 2.97. The summed E-state index contributed by atoms with van der Waals surface area (Å²) >= 11 is 3.38. The van der Waals surface area contributed by atoms with Crippen molar-refractivity contribution in [3.05, 3.63) is 35.2 Å². The number of amides is 1. The zero-order chi connectivity index (χ0) is 15.5. The molecular formula is C14H17BrN2O3. The average Bonchev–Trinajstić information content (AvgIpc) is 2.35. The number of halogens is 1. The first-order valence-corrected chi connectivity index (χ1v) is 6.79. The lowest BCUT2D eigenvalue weighted by atomic mass is 9.96. The number of carboxylic acid groups (broad SMARTS) is 1. The Hall–Kier alpha value is -1.69. The molecule has 0 aromatic carbocycles. The second-order valence-electron chi connectivity index (χ2n) is 5.37. The zero-order valence-electron chi connectivity index (χ0n) is 11.8. The lowest BCUT2D eigenvalue weighted by Crippen LogP contribution is -2.20. The van der Waals surface area contributed by atoms with Crippen molar-refractivity contribution in [2.75, 3.05) is 7.05 Å². The molecule has 108 valence electrons. The molecule has 0 bridgehead atoms. The average molecular weight is 341 g/mol. The van der Waals surface area contributed by atoms with Crippen LogP contribution in [0.2, 0.25) is 0 Å². The summed E-state index contributed by atoms with van der Waals surface area (Å²) in [6.07, 6.45) is 1.91. The van der Waals surface area contributed by atoms with Crippen molar-refractivity contribution in [2.45, 2.75) is 20.8 Å². The highest BCUT2D eigenvalue weighted by Crippen LogP contribution is 2.27. The molecule has 1 amide bonds. The van der Waals surface area contributed by atoms with Crippen LogP contribution in [0.4, 0.5) is 0 Å². The van der Waals surface area contributed by atoms with Gasteiger partial charge in [-0.1, -0.05) is 26.8 Å². The number of pyridine rings is 1. The summed E-state index contributed by atoms with van der Waals surface area (Å²) in [5, 5.41) is 11.5. The van der Waals surface area contributed by atoms with E-state index < -0.39 is 11.9 Å². The topological polar surface area (TPSA) is 79.3 Å². The molecule has 0 aliphatic heterocycles. The zero-order valence-corrected chi connectivity index (χ0v) is 13.4. The van der Waals surface area contributed by atoms with Gasteiger partial charge in [0.25, 0.3) is 5.91 Å². The van der Waals surface area contributed by atoms with Crippen molar-refractivity contribution < 1.29 is 14.7 Å². The first-order valence-electron chi connectivity index (χ1n) is 6.00. The van der Waals surface area contributed by atoms with Gasteiger partial charge in [-0.25, -0.2) is 9.78 Å². The number of aromatic carboxylic acids is 1. The minimum Gasteiger partial charge on any atom is -0.478 e. The van der Waals surface area contributed by atoms with Gasteiger partial charge in [-0.2, -0.15) is 0 Å². The number of allylic oxidation sites excluding steroid dienone is 1. The smallest absolute Gasteiger partial charge is 0.335 e. The maximum atomic E-state index is 11.6. The van der Waals surface area contributed by atoms with Gasteiger partial charge in [-0.05, 0) is 33.5 Å². The van der Waals surface area contributed by atoms with Crippen molar-refractivity contribution in [3.8, 4) is 0 Å². The first kappa shape index (κ1) is 16.4. The Morgan fingerprint density at radius 1 is 1.30 bits per heavy atom. The molecule has 1 heterocycles. The van der Waals surface area contributed by atoms with Gasteiger partial charge in [0.15, 0.2) is 0 Å². The third kappa shape index (κ3) is 4.45. The maximum Gasteiger partial charge on any atom is 0.335 e. The SMILES string of the molecule is CNC(=O)c1cc(C(=O)O)cc(C(Br)=CC(C)(C)C)n1. The summed E-state index contributed by atoms with van der Waals surface area (Å²) in [5.74, 6) is -1.53. The second-order valence-corrected chi connectivity index (χ2v) is 6.22. The quantitative estimate of drug-likeness (QED) is 0.886. The third-order valence-electron chi connectivity index (χ3n) is 2.34.